The number of rotatable bonds is 2. The molecule has 0 radical (unpaired) electrons. The molecule has 0 unspecified atom stereocenters. The third-order valence-electron chi connectivity index (χ3n) is 1.91. The number of aromatic nitrogens is 1. The van der Waals surface area contributed by atoms with E-state index in [2.05, 4.69) is 4.37 Å². The van der Waals surface area contributed by atoms with E-state index in [1.54, 1.807) is 24.4 Å². The Morgan fingerprint density at radius 2 is 1.93 bits per heavy atom. The van der Waals surface area contributed by atoms with E-state index in [1.807, 2.05) is 0 Å². The Morgan fingerprint density at radius 1 is 1.21 bits per heavy atom. The average molecular weight is 209 g/mol. The fourth-order valence-electron chi connectivity index (χ4n) is 1.18. The molecule has 0 spiro atoms. The average Bonchev–Trinajstić information content (AvgIpc) is 2.71. The highest BCUT2D eigenvalue weighted by Crippen LogP contribution is 2.24. The molecular formula is C10H8FNOS. The van der Waals surface area contributed by atoms with Crippen LogP contribution in [0, 0.1) is 5.82 Å². The summed E-state index contributed by atoms with van der Waals surface area (Å²) < 4.78 is 16.5. The molecular weight excluding hydrogens is 201 g/mol. The minimum Gasteiger partial charge on any atom is -0.383 e. The lowest BCUT2D eigenvalue weighted by Gasteiger charge is -2.07. The third kappa shape index (κ3) is 1.81. The van der Waals surface area contributed by atoms with Gasteiger partial charge < -0.3 is 5.11 Å². The second-order valence-electron chi connectivity index (χ2n) is 2.87. The number of hydrogen-bond acceptors (Lipinski definition) is 3. The molecule has 72 valence electrons. The van der Waals surface area contributed by atoms with E-state index in [9.17, 15) is 9.50 Å². The monoisotopic (exact) mass is 209 g/mol. The van der Waals surface area contributed by atoms with Crippen LogP contribution in [-0.2, 0) is 0 Å². The van der Waals surface area contributed by atoms with Crippen molar-refractivity contribution in [2.24, 2.45) is 0 Å². The second kappa shape index (κ2) is 3.86. The zero-order valence-corrected chi connectivity index (χ0v) is 8.04. The Morgan fingerprint density at radius 3 is 2.50 bits per heavy atom. The van der Waals surface area contributed by atoms with Gasteiger partial charge in [0.2, 0.25) is 0 Å². The van der Waals surface area contributed by atoms with Gasteiger partial charge in [0.1, 0.15) is 11.9 Å². The molecule has 2 nitrogen and oxygen atoms in total. The molecule has 1 heterocycles. The van der Waals surface area contributed by atoms with Crippen molar-refractivity contribution in [2.75, 3.05) is 0 Å². The van der Waals surface area contributed by atoms with Crippen LogP contribution < -0.4 is 0 Å². The van der Waals surface area contributed by atoms with Gasteiger partial charge in [0.05, 0.1) is 4.88 Å². The summed E-state index contributed by atoms with van der Waals surface area (Å²) in [4.78, 5) is 0.761. The lowest BCUT2D eigenvalue weighted by atomic mass is 10.1. The molecule has 1 aromatic carbocycles. The summed E-state index contributed by atoms with van der Waals surface area (Å²) in [7, 11) is 0. The molecule has 0 aliphatic heterocycles. The zero-order chi connectivity index (χ0) is 9.97. The van der Waals surface area contributed by atoms with Gasteiger partial charge in [-0.1, -0.05) is 12.1 Å². The van der Waals surface area contributed by atoms with Crippen molar-refractivity contribution >= 4 is 11.5 Å². The molecule has 4 heteroatoms. The van der Waals surface area contributed by atoms with E-state index in [0.717, 1.165) is 4.88 Å². The van der Waals surface area contributed by atoms with E-state index in [1.165, 1.54) is 23.7 Å². The van der Waals surface area contributed by atoms with Crippen molar-refractivity contribution in [2.45, 2.75) is 6.10 Å². The van der Waals surface area contributed by atoms with Crippen LogP contribution in [0.5, 0.6) is 0 Å². The van der Waals surface area contributed by atoms with Gasteiger partial charge in [-0.2, -0.15) is 0 Å². The maximum atomic E-state index is 12.6. The first-order valence-corrected chi connectivity index (χ1v) is 4.89. The second-order valence-corrected chi connectivity index (χ2v) is 3.73. The Bertz CT molecular complexity index is 399. The Kier molecular flexibility index (Phi) is 2.56. The summed E-state index contributed by atoms with van der Waals surface area (Å²) in [6.45, 7) is 0. The smallest absolute Gasteiger partial charge is 0.123 e. The topological polar surface area (TPSA) is 33.1 Å². The number of benzene rings is 1. The Balaban J connectivity index is 2.28. The molecule has 0 fully saturated rings. The molecule has 0 saturated carbocycles. The molecule has 0 aliphatic carbocycles. The van der Waals surface area contributed by atoms with Crippen LogP contribution in [0.2, 0.25) is 0 Å². The number of hydrogen-bond donors (Lipinski definition) is 1. The van der Waals surface area contributed by atoms with Gasteiger partial charge >= 0.3 is 0 Å². The van der Waals surface area contributed by atoms with Crippen LogP contribution in [0.3, 0.4) is 0 Å². The van der Waals surface area contributed by atoms with E-state index in [-0.39, 0.29) is 5.82 Å². The number of aliphatic hydroxyl groups excluding tert-OH is 1. The first-order chi connectivity index (χ1) is 6.77. The fraction of sp³-hybridized carbons (Fsp3) is 0.100. The van der Waals surface area contributed by atoms with Crippen LogP contribution >= 0.6 is 11.5 Å². The summed E-state index contributed by atoms with van der Waals surface area (Å²) in [5.74, 6) is -0.301. The third-order valence-corrected chi connectivity index (χ3v) is 2.71. The SMILES string of the molecule is O[C@@H](c1ccc(F)cc1)c1ccns1. The molecule has 0 aliphatic rings. The largest absolute Gasteiger partial charge is 0.383 e. The highest BCUT2D eigenvalue weighted by atomic mass is 32.1. The van der Waals surface area contributed by atoms with Crippen molar-refractivity contribution < 1.29 is 9.50 Å². The summed E-state index contributed by atoms with van der Waals surface area (Å²) in [6.07, 6.45) is 0.926. The maximum absolute atomic E-state index is 12.6. The van der Waals surface area contributed by atoms with E-state index < -0.39 is 6.10 Å². The molecule has 1 N–H and O–H groups in total. The van der Waals surface area contributed by atoms with Gasteiger partial charge in [0, 0.05) is 6.20 Å². The zero-order valence-electron chi connectivity index (χ0n) is 7.22. The summed E-state index contributed by atoms with van der Waals surface area (Å²) in [6, 6.07) is 7.55. The molecule has 0 bridgehead atoms. The van der Waals surface area contributed by atoms with Crippen molar-refractivity contribution in [3.8, 4) is 0 Å². The summed E-state index contributed by atoms with van der Waals surface area (Å²) >= 11 is 1.24. The predicted molar refractivity (Wildman–Crippen MR) is 52.6 cm³/mol. The predicted octanol–water partition coefficient (Wildman–Crippen LogP) is 2.36. The highest BCUT2D eigenvalue weighted by Gasteiger charge is 2.11. The fourth-order valence-corrected chi connectivity index (χ4v) is 1.78. The molecule has 1 aromatic heterocycles. The molecule has 2 aromatic rings. The lowest BCUT2D eigenvalue weighted by molar-refractivity contribution is 0.224. The van der Waals surface area contributed by atoms with Crippen LogP contribution in [0.4, 0.5) is 4.39 Å². The van der Waals surface area contributed by atoms with Crippen molar-refractivity contribution in [1.29, 1.82) is 0 Å². The van der Waals surface area contributed by atoms with Crippen LogP contribution in [0.1, 0.15) is 16.5 Å². The van der Waals surface area contributed by atoms with Crippen molar-refractivity contribution in [3.05, 3.63) is 52.8 Å². The first kappa shape index (κ1) is 9.30. The van der Waals surface area contributed by atoms with Crippen LogP contribution in [-0.4, -0.2) is 9.48 Å². The van der Waals surface area contributed by atoms with E-state index >= 15 is 0 Å². The van der Waals surface area contributed by atoms with Crippen LogP contribution in [0.25, 0.3) is 0 Å². The Hall–Kier alpha value is -1.26. The van der Waals surface area contributed by atoms with E-state index in [0.29, 0.717) is 5.56 Å². The van der Waals surface area contributed by atoms with Crippen LogP contribution in [0.15, 0.2) is 36.5 Å². The van der Waals surface area contributed by atoms with Gasteiger partial charge in [-0.3, -0.25) is 0 Å². The van der Waals surface area contributed by atoms with E-state index in [4.69, 9.17) is 0 Å². The molecule has 0 saturated heterocycles. The highest BCUT2D eigenvalue weighted by molar-refractivity contribution is 7.05. The minimum absolute atomic E-state index is 0.301. The number of halogens is 1. The van der Waals surface area contributed by atoms with Gasteiger partial charge in [0.25, 0.3) is 0 Å². The lowest BCUT2D eigenvalue weighted by Crippen LogP contribution is -1.96. The van der Waals surface area contributed by atoms with Gasteiger partial charge in [-0.15, -0.1) is 0 Å². The summed E-state index contributed by atoms with van der Waals surface area (Å²) in [5, 5.41) is 9.82. The molecule has 0 amide bonds. The number of nitrogens with zero attached hydrogens (tertiary/aromatic N) is 1. The van der Waals surface area contributed by atoms with Crippen molar-refractivity contribution in [1.82, 2.24) is 4.37 Å². The maximum Gasteiger partial charge on any atom is 0.123 e. The van der Waals surface area contributed by atoms with Crippen molar-refractivity contribution in [3.63, 3.8) is 0 Å². The first-order valence-electron chi connectivity index (χ1n) is 4.11. The summed E-state index contributed by atoms with van der Waals surface area (Å²) in [5.41, 5.74) is 0.677. The molecule has 14 heavy (non-hydrogen) atoms. The number of aliphatic hydroxyl groups is 1. The quantitative estimate of drug-likeness (QED) is 0.823. The molecule has 1 atom stereocenters. The Labute approximate surface area is 84.8 Å². The standard InChI is InChI=1S/C10H8FNOS/c11-8-3-1-7(2-4-8)10(13)9-5-6-12-14-9/h1-6,10,13H/t10-/m0/s1. The molecule has 2 rings (SSSR count). The normalized spacial score (nSPS) is 12.7. The van der Waals surface area contributed by atoms with Gasteiger partial charge in [-0.05, 0) is 35.3 Å². The van der Waals surface area contributed by atoms with Gasteiger partial charge in [0.15, 0.2) is 0 Å². The minimum atomic E-state index is -0.705. The van der Waals surface area contributed by atoms with Gasteiger partial charge in [-0.25, -0.2) is 8.76 Å².